The first-order valence-electron chi connectivity index (χ1n) is 9.57. The van der Waals surface area contributed by atoms with E-state index in [2.05, 4.69) is 83.2 Å². The predicted molar refractivity (Wildman–Crippen MR) is 111 cm³/mol. The van der Waals surface area contributed by atoms with Crippen LogP contribution in [0.5, 0.6) is 0 Å². The van der Waals surface area contributed by atoms with Crippen molar-refractivity contribution in [3.8, 4) is 11.1 Å². The SMILES string of the molecule is C[C](C)=[Zr+2][c]1c(C2=CC(C(C)(C)C)=CC2)ccc2c1Cc1ccccc1-2.[Cl-].[Cl-]. The van der Waals surface area contributed by atoms with Crippen LogP contribution in [0.4, 0.5) is 0 Å². The Balaban J connectivity index is 0.00000140. The summed E-state index contributed by atoms with van der Waals surface area (Å²) in [6, 6.07) is 13.8. The normalized spacial score (nSPS) is 14.0. The summed E-state index contributed by atoms with van der Waals surface area (Å²) >= 11 is -0.699. The van der Waals surface area contributed by atoms with Gasteiger partial charge in [0.2, 0.25) is 0 Å². The molecule has 28 heavy (non-hydrogen) atoms. The van der Waals surface area contributed by atoms with Gasteiger partial charge in [0.25, 0.3) is 0 Å². The molecule has 0 spiro atoms. The molecule has 0 atom stereocenters. The maximum absolute atomic E-state index is 2.47. The number of fused-ring (bicyclic) bond motifs is 3. The maximum Gasteiger partial charge on any atom is -1.00 e. The van der Waals surface area contributed by atoms with Crippen LogP contribution >= 0.6 is 0 Å². The monoisotopic (exact) mass is 487 g/mol. The van der Waals surface area contributed by atoms with E-state index >= 15 is 0 Å². The molecule has 0 N–H and O–H groups in total. The Hall–Kier alpha value is -0.747. The van der Waals surface area contributed by atoms with Crippen LogP contribution in [-0.4, -0.2) is 3.21 Å². The molecule has 0 fully saturated rings. The first-order valence-corrected chi connectivity index (χ1v) is 12.0. The zero-order valence-corrected chi connectivity index (χ0v) is 21.3. The first-order chi connectivity index (χ1) is 12.3. The zero-order chi connectivity index (χ0) is 18.5. The van der Waals surface area contributed by atoms with Crippen LogP contribution < -0.4 is 28.1 Å². The van der Waals surface area contributed by atoms with Crippen LogP contribution in [0.15, 0.2) is 54.1 Å². The fourth-order valence-corrected chi connectivity index (χ4v) is 7.19. The van der Waals surface area contributed by atoms with Crippen molar-refractivity contribution in [1.82, 2.24) is 0 Å². The molecule has 0 aromatic heterocycles. The molecular weight excluding hydrogens is 462 g/mol. The fraction of sp³-hybridized carbons (Fsp3) is 0.320. The Bertz CT molecular complexity index is 984. The second-order valence-electron chi connectivity index (χ2n) is 8.76. The number of hydrogen-bond donors (Lipinski definition) is 0. The van der Waals surface area contributed by atoms with Crippen LogP contribution in [0.2, 0.25) is 0 Å². The number of rotatable bonds is 2. The summed E-state index contributed by atoms with van der Waals surface area (Å²) in [6.07, 6.45) is 7.12. The molecule has 4 rings (SSSR count). The zero-order valence-electron chi connectivity index (χ0n) is 17.3. The number of halogens is 2. The largest absolute Gasteiger partial charge is 1.00 e. The molecule has 0 amide bonds. The molecular formula is C25H27Cl2Zr. The van der Waals surface area contributed by atoms with Gasteiger partial charge in [-0.15, -0.1) is 0 Å². The van der Waals surface area contributed by atoms with Crippen molar-refractivity contribution < 1.29 is 47.6 Å². The van der Waals surface area contributed by atoms with E-state index in [0.29, 0.717) is 0 Å². The Kier molecular flexibility index (Phi) is 7.52. The smallest absolute Gasteiger partial charge is 1.00 e. The summed E-state index contributed by atoms with van der Waals surface area (Å²) in [5, 5.41) is 0. The molecule has 0 heterocycles. The van der Waals surface area contributed by atoms with Crippen LogP contribution in [0.1, 0.15) is 57.7 Å². The topological polar surface area (TPSA) is 0 Å². The van der Waals surface area contributed by atoms with Crippen molar-refractivity contribution in [3.63, 3.8) is 0 Å². The van der Waals surface area contributed by atoms with Crippen molar-refractivity contribution in [2.45, 2.75) is 47.5 Å². The Morgan fingerprint density at radius 2 is 1.57 bits per heavy atom. The fourth-order valence-electron chi connectivity index (χ4n) is 4.11. The minimum absolute atomic E-state index is 0. The molecule has 0 unspecified atom stereocenters. The number of allylic oxidation sites excluding steroid dienone is 4. The molecule has 2 aliphatic rings. The summed E-state index contributed by atoms with van der Waals surface area (Å²) in [5.41, 5.74) is 10.9. The van der Waals surface area contributed by atoms with Gasteiger partial charge in [-0.2, -0.15) is 0 Å². The van der Waals surface area contributed by atoms with Crippen LogP contribution in [-0.2, 0) is 29.2 Å². The maximum atomic E-state index is 2.47. The van der Waals surface area contributed by atoms with E-state index in [-0.39, 0.29) is 30.2 Å². The average molecular weight is 490 g/mol. The number of benzene rings is 2. The molecule has 0 saturated carbocycles. The molecule has 145 valence electrons. The molecule has 0 saturated heterocycles. The summed E-state index contributed by atoms with van der Waals surface area (Å²) in [4.78, 5) is 0. The summed E-state index contributed by atoms with van der Waals surface area (Å²) in [5.74, 6) is 0. The van der Waals surface area contributed by atoms with Crippen LogP contribution in [0.3, 0.4) is 0 Å². The third kappa shape index (κ3) is 4.38. The minimum atomic E-state index is -0.699. The van der Waals surface area contributed by atoms with Gasteiger partial charge in [0.05, 0.1) is 0 Å². The molecule has 3 heteroatoms. The summed E-state index contributed by atoms with van der Waals surface area (Å²) in [7, 11) is 0. The molecule has 0 aliphatic heterocycles. The molecule has 0 nitrogen and oxygen atoms in total. The molecule has 0 bridgehead atoms. The van der Waals surface area contributed by atoms with Crippen LogP contribution in [0, 0.1) is 5.41 Å². The van der Waals surface area contributed by atoms with Gasteiger partial charge in [0, 0.05) is 0 Å². The molecule has 0 radical (unpaired) electrons. The van der Waals surface area contributed by atoms with E-state index in [4.69, 9.17) is 0 Å². The van der Waals surface area contributed by atoms with Crippen molar-refractivity contribution in [3.05, 3.63) is 70.8 Å². The van der Waals surface area contributed by atoms with Crippen molar-refractivity contribution >= 4 is 12.1 Å². The molecule has 2 aromatic rings. The van der Waals surface area contributed by atoms with E-state index in [9.17, 15) is 0 Å². The minimum Gasteiger partial charge on any atom is -1.00 e. The number of hydrogen-bond acceptors (Lipinski definition) is 0. The van der Waals surface area contributed by atoms with Gasteiger partial charge in [-0.1, -0.05) is 0 Å². The van der Waals surface area contributed by atoms with Crippen LogP contribution in [0.25, 0.3) is 16.7 Å². The van der Waals surface area contributed by atoms with E-state index in [1.807, 2.05) is 0 Å². The third-order valence-corrected chi connectivity index (χ3v) is 8.69. The molecule has 2 aliphatic carbocycles. The Morgan fingerprint density at radius 1 is 0.893 bits per heavy atom. The van der Waals surface area contributed by atoms with Gasteiger partial charge in [-0.3, -0.25) is 0 Å². The van der Waals surface area contributed by atoms with Crippen molar-refractivity contribution in [2.75, 3.05) is 0 Å². The molecule has 2 aromatic carbocycles. The van der Waals surface area contributed by atoms with Gasteiger partial charge >= 0.3 is 170 Å². The third-order valence-electron chi connectivity index (χ3n) is 5.45. The van der Waals surface area contributed by atoms with Crippen molar-refractivity contribution in [2.24, 2.45) is 5.41 Å². The summed E-state index contributed by atoms with van der Waals surface area (Å²) in [6.45, 7) is 11.6. The van der Waals surface area contributed by atoms with E-state index in [1.165, 1.54) is 27.8 Å². The summed E-state index contributed by atoms with van der Waals surface area (Å²) < 4.78 is 3.37. The quantitative estimate of drug-likeness (QED) is 0.474. The van der Waals surface area contributed by atoms with Gasteiger partial charge in [0.1, 0.15) is 0 Å². The van der Waals surface area contributed by atoms with Crippen molar-refractivity contribution in [1.29, 1.82) is 0 Å². The van der Waals surface area contributed by atoms with E-state index < -0.39 is 22.8 Å². The van der Waals surface area contributed by atoms with E-state index in [0.717, 1.165) is 12.8 Å². The van der Waals surface area contributed by atoms with Gasteiger partial charge in [-0.25, -0.2) is 0 Å². The predicted octanol–water partition coefficient (Wildman–Crippen LogP) is -0.0546. The average Bonchev–Trinajstić information content (AvgIpc) is 3.19. The second kappa shape index (κ2) is 8.95. The second-order valence-corrected chi connectivity index (χ2v) is 13.1. The standard InChI is InChI=1S/C22H21.C3H6.2ClH.Zr/c1-22(2,3)19-10-8-16(14-19)15-9-11-21-18(12-15)13-17-6-4-5-7-20(17)21;1-3-2;;;/h4-7,9-11,14H,8,13H2,1-3H3;1-2H3;2*1H;/q;;;;+2/p-2. The Morgan fingerprint density at radius 3 is 2.21 bits per heavy atom. The van der Waals surface area contributed by atoms with Gasteiger partial charge in [-0.05, 0) is 0 Å². The van der Waals surface area contributed by atoms with E-state index in [1.54, 1.807) is 17.6 Å². The van der Waals surface area contributed by atoms with Gasteiger partial charge < -0.3 is 24.8 Å². The van der Waals surface area contributed by atoms with Gasteiger partial charge in [0.15, 0.2) is 0 Å². The first kappa shape index (κ1) is 23.5. The Labute approximate surface area is 193 Å².